The second kappa shape index (κ2) is 11.0. The fourth-order valence-electron chi connectivity index (χ4n) is 3.06. The summed E-state index contributed by atoms with van der Waals surface area (Å²) in [5.41, 5.74) is 1.91. The molecule has 0 bridgehead atoms. The molecule has 0 saturated heterocycles. The molecule has 4 rings (SSSR count). The number of carbonyl (C=O) groups is 1. The Labute approximate surface area is 214 Å². The number of halogens is 4. The van der Waals surface area contributed by atoms with Crippen LogP contribution in [0.3, 0.4) is 0 Å². The molecule has 0 atom stereocenters. The zero-order valence-corrected chi connectivity index (χ0v) is 20.9. The van der Waals surface area contributed by atoms with E-state index in [-0.39, 0.29) is 16.7 Å². The molecule has 38 heavy (non-hydrogen) atoms. The fraction of sp³-hybridized carbons (Fsp3) is 0.217. The molecule has 0 aliphatic carbocycles. The highest BCUT2D eigenvalue weighted by molar-refractivity contribution is 7.92. The highest BCUT2D eigenvalue weighted by Gasteiger charge is 2.38. The maximum absolute atomic E-state index is 13.6. The van der Waals surface area contributed by atoms with E-state index >= 15 is 0 Å². The summed E-state index contributed by atoms with van der Waals surface area (Å²) in [5.74, 6) is -1.98. The van der Waals surface area contributed by atoms with Gasteiger partial charge >= 0.3 is 12.1 Å². The highest BCUT2D eigenvalue weighted by Crippen LogP contribution is 2.27. The van der Waals surface area contributed by atoms with E-state index in [4.69, 9.17) is 9.90 Å². The number of carboxylic acid groups (broad SMARTS) is 1. The second-order valence-corrected chi connectivity index (χ2v) is 10.6. The molecule has 0 unspecified atom stereocenters. The van der Waals surface area contributed by atoms with Crippen LogP contribution in [0.25, 0.3) is 10.9 Å². The van der Waals surface area contributed by atoms with E-state index in [0.717, 1.165) is 0 Å². The molecular weight excluding hydrogens is 532 g/mol. The Morgan fingerprint density at radius 1 is 1.08 bits per heavy atom. The van der Waals surface area contributed by atoms with Gasteiger partial charge in [0.25, 0.3) is 0 Å². The Bertz CT molecular complexity index is 1570. The van der Waals surface area contributed by atoms with Crippen LogP contribution in [0.5, 0.6) is 0 Å². The minimum absolute atomic E-state index is 0.270. The summed E-state index contributed by atoms with van der Waals surface area (Å²) in [6, 6.07) is 11.1. The van der Waals surface area contributed by atoms with Gasteiger partial charge in [-0.25, -0.2) is 22.6 Å². The van der Waals surface area contributed by atoms with Gasteiger partial charge < -0.3 is 15.7 Å². The Balaban J connectivity index is 0.000000505. The van der Waals surface area contributed by atoms with Gasteiger partial charge in [-0.15, -0.1) is 0 Å². The molecule has 0 spiro atoms. The third-order valence-electron chi connectivity index (χ3n) is 5.04. The molecule has 4 aromatic rings. The van der Waals surface area contributed by atoms with Gasteiger partial charge in [-0.1, -0.05) is 6.07 Å². The predicted octanol–water partition coefficient (Wildman–Crippen LogP) is 5.10. The van der Waals surface area contributed by atoms with Gasteiger partial charge in [0.15, 0.2) is 15.7 Å². The quantitative estimate of drug-likeness (QED) is 0.239. The number of H-pyrrole nitrogens is 1. The Kier molecular flexibility index (Phi) is 8.19. The average Bonchev–Trinajstić information content (AvgIpc) is 3.21. The first-order valence-electron chi connectivity index (χ1n) is 10.8. The Morgan fingerprint density at radius 2 is 1.76 bits per heavy atom. The lowest BCUT2D eigenvalue weighted by Crippen LogP contribution is -2.21. The van der Waals surface area contributed by atoms with Gasteiger partial charge in [-0.05, 0) is 62.7 Å². The number of nitrogens with one attached hydrogen (secondary N) is 3. The number of rotatable bonds is 6. The van der Waals surface area contributed by atoms with Crippen molar-refractivity contribution in [3.63, 3.8) is 0 Å². The van der Waals surface area contributed by atoms with Gasteiger partial charge in [-0.3, -0.25) is 5.10 Å². The SMILES string of the molecule is Cc1ccc(Nc2nccc(Nc3n[nH]c4ccc(F)cc34)n2)cc1S(=O)(=O)C(C)C.O=C(O)C(F)(F)F. The Hall–Kier alpha value is -4.27. The van der Waals surface area contributed by atoms with Crippen molar-refractivity contribution in [1.29, 1.82) is 0 Å². The third kappa shape index (κ3) is 6.73. The number of sulfone groups is 1. The van der Waals surface area contributed by atoms with E-state index in [2.05, 4.69) is 30.8 Å². The number of fused-ring (bicyclic) bond motifs is 1. The predicted molar refractivity (Wildman–Crippen MR) is 132 cm³/mol. The number of benzene rings is 2. The number of anilines is 4. The van der Waals surface area contributed by atoms with E-state index < -0.39 is 27.2 Å². The average molecular weight is 555 g/mol. The molecule has 0 saturated carbocycles. The van der Waals surface area contributed by atoms with Crippen molar-refractivity contribution in [2.24, 2.45) is 0 Å². The lowest BCUT2D eigenvalue weighted by Gasteiger charge is -2.13. The maximum Gasteiger partial charge on any atom is 0.490 e. The van der Waals surface area contributed by atoms with E-state index in [1.54, 1.807) is 57.3 Å². The molecule has 2 heterocycles. The molecule has 4 N–H and O–H groups in total. The molecule has 0 aliphatic heterocycles. The zero-order chi connectivity index (χ0) is 28.3. The summed E-state index contributed by atoms with van der Waals surface area (Å²) in [6.07, 6.45) is -3.53. The van der Waals surface area contributed by atoms with Gasteiger partial charge in [0, 0.05) is 17.3 Å². The Morgan fingerprint density at radius 3 is 2.39 bits per heavy atom. The number of aromatic nitrogens is 4. The summed E-state index contributed by atoms with van der Waals surface area (Å²) in [7, 11) is -3.42. The molecule has 0 fully saturated rings. The molecule has 202 valence electrons. The van der Waals surface area contributed by atoms with Crippen LogP contribution in [0.2, 0.25) is 0 Å². The van der Waals surface area contributed by atoms with Crippen LogP contribution >= 0.6 is 0 Å². The fourth-order valence-corrected chi connectivity index (χ4v) is 4.37. The zero-order valence-electron chi connectivity index (χ0n) is 20.1. The van der Waals surface area contributed by atoms with Crippen molar-refractivity contribution >= 4 is 50.0 Å². The van der Waals surface area contributed by atoms with Crippen molar-refractivity contribution in [2.75, 3.05) is 10.6 Å². The van der Waals surface area contributed by atoms with E-state index in [0.29, 0.717) is 33.8 Å². The van der Waals surface area contributed by atoms with Crippen LogP contribution in [-0.4, -0.2) is 51.1 Å². The first-order valence-corrected chi connectivity index (χ1v) is 12.4. The van der Waals surface area contributed by atoms with Crippen LogP contribution in [-0.2, 0) is 14.6 Å². The lowest BCUT2D eigenvalue weighted by atomic mass is 10.2. The third-order valence-corrected chi connectivity index (χ3v) is 7.33. The maximum atomic E-state index is 13.6. The highest BCUT2D eigenvalue weighted by atomic mass is 32.2. The first kappa shape index (κ1) is 28.3. The van der Waals surface area contributed by atoms with Crippen LogP contribution in [0.4, 0.5) is 40.8 Å². The topological polar surface area (TPSA) is 150 Å². The molecule has 2 aromatic carbocycles. The second-order valence-electron chi connectivity index (χ2n) is 8.15. The van der Waals surface area contributed by atoms with Gasteiger partial charge in [0.05, 0.1) is 15.7 Å². The first-order chi connectivity index (χ1) is 17.7. The van der Waals surface area contributed by atoms with Crippen molar-refractivity contribution in [3.8, 4) is 0 Å². The number of hydrogen-bond acceptors (Lipinski definition) is 8. The van der Waals surface area contributed by atoms with E-state index in [1.165, 1.54) is 12.1 Å². The van der Waals surface area contributed by atoms with Gasteiger partial charge in [0.2, 0.25) is 5.95 Å². The minimum Gasteiger partial charge on any atom is -0.475 e. The van der Waals surface area contributed by atoms with Gasteiger partial charge in [-0.2, -0.15) is 23.3 Å². The summed E-state index contributed by atoms with van der Waals surface area (Å²) in [4.78, 5) is 17.7. The van der Waals surface area contributed by atoms with Crippen LogP contribution in [0.15, 0.2) is 53.6 Å². The number of aryl methyl sites for hydroxylation is 1. The molecular formula is C23H22F4N6O4S. The summed E-state index contributed by atoms with van der Waals surface area (Å²) in [6.45, 7) is 5.06. The molecule has 0 aliphatic rings. The largest absolute Gasteiger partial charge is 0.490 e. The van der Waals surface area contributed by atoms with Crippen molar-refractivity contribution in [1.82, 2.24) is 20.2 Å². The van der Waals surface area contributed by atoms with Crippen LogP contribution in [0, 0.1) is 12.7 Å². The van der Waals surface area contributed by atoms with Crippen molar-refractivity contribution in [3.05, 3.63) is 60.0 Å². The van der Waals surface area contributed by atoms with E-state index in [9.17, 15) is 26.0 Å². The number of carboxylic acids is 1. The van der Waals surface area contributed by atoms with Crippen molar-refractivity contribution in [2.45, 2.75) is 37.1 Å². The molecule has 10 nitrogen and oxygen atoms in total. The van der Waals surface area contributed by atoms with E-state index in [1.807, 2.05) is 0 Å². The summed E-state index contributed by atoms with van der Waals surface area (Å²) in [5, 5.41) is 20.3. The van der Waals surface area contributed by atoms with Crippen LogP contribution in [0.1, 0.15) is 19.4 Å². The monoisotopic (exact) mass is 554 g/mol. The minimum atomic E-state index is -5.08. The van der Waals surface area contributed by atoms with Crippen LogP contribution < -0.4 is 10.6 Å². The van der Waals surface area contributed by atoms with Crippen molar-refractivity contribution < 1.29 is 35.9 Å². The standard InChI is InChI=1S/C21H21FN6O2S.C2HF3O2/c1-12(2)31(29,30)18-11-15(6-4-13(18)3)24-21-23-9-8-19(26-21)25-20-16-10-14(22)5-7-17(16)27-28-20;3-2(4,5)1(6)7/h4-12H,1-3H3,(H3,23,24,25,26,27,28);(H,6,7). The summed E-state index contributed by atoms with van der Waals surface area (Å²) < 4.78 is 70.6. The number of aliphatic carboxylic acids is 1. The number of alkyl halides is 3. The molecule has 2 aromatic heterocycles. The number of aromatic amines is 1. The molecule has 0 amide bonds. The number of hydrogen-bond donors (Lipinski definition) is 4. The number of nitrogens with zero attached hydrogens (tertiary/aromatic N) is 3. The van der Waals surface area contributed by atoms with Gasteiger partial charge in [0.1, 0.15) is 11.6 Å². The molecule has 15 heteroatoms. The molecule has 0 radical (unpaired) electrons. The lowest BCUT2D eigenvalue weighted by molar-refractivity contribution is -0.192. The summed E-state index contributed by atoms with van der Waals surface area (Å²) >= 11 is 0. The normalized spacial score (nSPS) is 11.7. The smallest absolute Gasteiger partial charge is 0.475 e.